The number of nitrogens with one attached hydrogen (secondary N) is 1. The molecular formula is C22H42N2O. The van der Waals surface area contributed by atoms with Gasteiger partial charge < -0.3 is 5.32 Å². The minimum atomic E-state index is 0.0783. The van der Waals surface area contributed by atoms with Crippen LogP contribution in [0, 0.1) is 17.3 Å². The van der Waals surface area contributed by atoms with E-state index in [0.29, 0.717) is 24.5 Å². The van der Waals surface area contributed by atoms with E-state index < -0.39 is 0 Å². The van der Waals surface area contributed by atoms with E-state index in [1.165, 1.54) is 50.7 Å². The summed E-state index contributed by atoms with van der Waals surface area (Å²) < 4.78 is 0. The first-order chi connectivity index (χ1) is 11.9. The molecule has 0 aliphatic heterocycles. The van der Waals surface area contributed by atoms with Crippen LogP contribution in [0.5, 0.6) is 0 Å². The molecule has 0 bridgehead atoms. The summed E-state index contributed by atoms with van der Waals surface area (Å²) in [6.45, 7) is 10.3. The van der Waals surface area contributed by atoms with Crippen molar-refractivity contribution >= 4 is 11.5 Å². The van der Waals surface area contributed by atoms with Gasteiger partial charge in [-0.25, -0.2) is 0 Å². The highest BCUT2D eigenvalue weighted by molar-refractivity contribution is 5.92. The molecule has 3 heteroatoms. The first-order valence-corrected chi connectivity index (χ1v) is 10.5. The maximum Gasteiger partial charge on any atom is 0.134 e. The van der Waals surface area contributed by atoms with Crippen molar-refractivity contribution in [1.29, 1.82) is 0 Å². The van der Waals surface area contributed by atoms with Gasteiger partial charge in [-0.2, -0.15) is 0 Å². The van der Waals surface area contributed by atoms with Crippen molar-refractivity contribution in [3.8, 4) is 0 Å². The lowest BCUT2D eigenvalue weighted by molar-refractivity contribution is -0.121. The topological polar surface area (TPSA) is 41.5 Å². The van der Waals surface area contributed by atoms with Crippen molar-refractivity contribution in [2.24, 2.45) is 22.2 Å². The van der Waals surface area contributed by atoms with Crippen LogP contribution in [0.3, 0.4) is 0 Å². The first-order valence-electron chi connectivity index (χ1n) is 10.5. The number of ketones is 1. The summed E-state index contributed by atoms with van der Waals surface area (Å²) >= 11 is 0. The van der Waals surface area contributed by atoms with E-state index in [9.17, 15) is 4.79 Å². The summed E-state index contributed by atoms with van der Waals surface area (Å²) in [5.41, 5.74) is 1.27. The third-order valence-corrected chi connectivity index (χ3v) is 5.41. The van der Waals surface area contributed by atoms with Crippen molar-refractivity contribution in [2.75, 3.05) is 20.1 Å². The SMILES string of the molecule is CCNCC(=NC)C(CCCC1CCCCC1)CC(=O)CC(C)(C)C. The molecule has 1 saturated carbocycles. The number of hydrogen-bond acceptors (Lipinski definition) is 3. The molecule has 1 unspecified atom stereocenters. The normalized spacial score (nSPS) is 18.4. The first kappa shape index (κ1) is 22.3. The van der Waals surface area contributed by atoms with E-state index in [1.54, 1.807) is 0 Å². The summed E-state index contributed by atoms with van der Waals surface area (Å²) in [4.78, 5) is 17.1. The van der Waals surface area contributed by atoms with Crippen molar-refractivity contribution in [1.82, 2.24) is 5.32 Å². The monoisotopic (exact) mass is 350 g/mol. The zero-order valence-electron chi connectivity index (χ0n) is 17.5. The summed E-state index contributed by atoms with van der Waals surface area (Å²) in [5, 5.41) is 3.40. The average Bonchev–Trinajstić information content (AvgIpc) is 2.54. The summed E-state index contributed by atoms with van der Waals surface area (Å²) in [6.07, 6.45) is 12.1. The van der Waals surface area contributed by atoms with Crippen LogP contribution in [0.15, 0.2) is 4.99 Å². The van der Waals surface area contributed by atoms with Crippen LogP contribution >= 0.6 is 0 Å². The molecule has 146 valence electrons. The summed E-state index contributed by atoms with van der Waals surface area (Å²) in [7, 11) is 1.88. The highest BCUT2D eigenvalue weighted by Gasteiger charge is 2.23. The lowest BCUT2D eigenvalue weighted by Crippen LogP contribution is -2.30. The van der Waals surface area contributed by atoms with Crippen LogP contribution in [-0.2, 0) is 4.79 Å². The van der Waals surface area contributed by atoms with E-state index >= 15 is 0 Å². The fourth-order valence-electron chi connectivity index (χ4n) is 4.11. The molecule has 1 N–H and O–H groups in total. The predicted molar refractivity (Wildman–Crippen MR) is 110 cm³/mol. The van der Waals surface area contributed by atoms with E-state index in [2.05, 4.69) is 38.0 Å². The Bertz CT molecular complexity index is 403. The average molecular weight is 351 g/mol. The smallest absolute Gasteiger partial charge is 0.134 e. The molecule has 0 amide bonds. The van der Waals surface area contributed by atoms with E-state index in [1.807, 2.05) is 7.05 Å². The Balaban J connectivity index is 2.57. The maximum atomic E-state index is 12.6. The molecule has 1 aliphatic rings. The number of carbonyl (C=O) groups excluding carboxylic acids is 1. The van der Waals surface area contributed by atoms with Gasteiger partial charge in [0.25, 0.3) is 0 Å². The molecule has 0 radical (unpaired) electrons. The van der Waals surface area contributed by atoms with E-state index in [0.717, 1.165) is 25.4 Å². The van der Waals surface area contributed by atoms with Gasteiger partial charge in [-0.15, -0.1) is 0 Å². The van der Waals surface area contributed by atoms with Crippen LogP contribution in [-0.4, -0.2) is 31.6 Å². The third-order valence-electron chi connectivity index (χ3n) is 5.41. The second-order valence-electron chi connectivity index (χ2n) is 9.11. The number of nitrogens with zero attached hydrogens (tertiary/aromatic N) is 1. The summed E-state index contributed by atoms with van der Waals surface area (Å²) in [6, 6.07) is 0. The van der Waals surface area contributed by atoms with Gasteiger partial charge in [0.05, 0.1) is 0 Å². The minimum absolute atomic E-state index is 0.0783. The van der Waals surface area contributed by atoms with Crippen LogP contribution in [0.4, 0.5) is 0 Å². The number of aliphatic imine (C=N–C) groups is 1. The van der Waals surface area contributed by atoms with Gasteiger partial charge in [0, 0.05) is 38.1 Å². The molecule has 1 rings (SSSR count). The van der Waals surface area contributed by atoms with Crippen LogP contribution < -0.4 is 5.32 Å². The van der Waals surface area contributed by atoms with Crippen molar-refractivity contribution < 1.29 is 4.79 Å². The molecule has 25 heavy (non-hydrogen) atoms. The van der Waals surface area contributed by atoms with Gasteiger partial charge in [0.15, 0.2) is 0 Å². The lowest BCUT2D eigenvalue weighted by Gasteiger charge is -2.24. The molecule has 0 aromatic heterocycles. The third kappa shape index (κ3) is 10.1. The highest BCUT2D eigenvalue weighted by atomic mass is 16.1. The number of Topliss-reactive ketones (excluding diaryl/α,β-unsaturated/α-hetero) is 1. The van der Waals surface area contributed by atoms with Gasteiger partial charge in [0.1, 0.15) is 5.78 Å². The van der Waals surface area contributed by atoms with Crippen molar-refractivity contribution in [3.63, 3.8) is 0 Å². The predicted octanol–water partition coefficient (Wildman–Crippen LogP) is 5.43. The molecule has 0 heterocycles. The Hall–Kier alpha value is -0.700. The van der Waals surface area contributed by atoms with Crippen molar-refractivity contribution in [3.05, 3.63) is 0 Å². The van der Waals surface area contributed by atoms with Gasteiger partial charge in [-0.3, -0.25) is 9.79 Å². The fourth-order valence-corrected chi connectivity index (χ4v) is 4.11. The lowest BCUT2D eigenvalue weighted by atomic mass is 9.82. The maximum absolute atomic E-state index is 12.6. The minimum Gasteiger partial charge on any atom is -0.312 e. The summed E-state index contributed by atoms with van der Waals surface area (Å²) in [5.74, 6) is 1.64. The zero-order chi connectivity index (χ0) is 18.7. The van der Waals surface area contributed by atoms with Gasteiger partial charge in [0.2, 0.25) is 0 Å². The molecule has 3 nitrogen and oxygen atoms in total. The molecule has 0 saturated heterocycles. The van der Waals surface area contributed by atoms with Gasteiger partial charge in [-0.05, 0) is 24.3 Å². The molecule has 1 fully saturated rings. The largest absolute Gasteiger partial charge is 0.312 e. The quantitative estimate of drug-likeness (QED) is 0.505. The molecule has 0 aromatic carbocycles. The fraction of sp³-hybridized carbons (Fsp3) is 0.909. The van der Waals surface area contributed by atoms with Gasteiger partial charge in [-0.1, -0.05) is 72.6 Å². The van der Waals surface area contributed by atoms with E-state index in [4.69, 9.17) is 0 Å². The number of rotatable bonds is 11. The van der Waals surface area contributed by atoms with E-state index in [-0.39, 0.29) is 5.41 Å². The highest BCUT2D eigenvalue weighted by Crippen LogP contribution is 2.29. The van der Waals surface area contributed by atoms with Crippen LogP contribution in [0.1, 0.15) is 91.9 Å². The second-order valence-corrected chi connectivity index (χ2v) is 9.11. The molecule has 0 aromatic rings. The van der Waals surface area contributed by atoms with Crippen LogP contribution in [0.25, 0.3) is 0 Å². The Morgan fingerprint density at radius 3 is 2.44 bits per heavy atom. The van der Waals surface area contributed by atoms with Gasteiger partial charge >= 0.3 is 0 Å². The van der Waals surface area contributed by atoms with Crippen LogP contribution in [0.2, 0.25) is 0 Å². The number of carbonyl (C=O) groups is 1. The molecule has 1 aliphatic carbocycles. The second kappa shape index (κ2) is 11.8. The van der Waals surface area contributed by atoms with Crippen molar-refractivity contribution in [2.45, 2.75) is 91.9 Å². The zero-order valence-corrected chi connectivity index (χ0v) is 17.5. The Labute approximate surface area is 156 Å². The Morgan fingerprint density at radius 2 is 1.88 bits per heavy atom. The Morgan fingerprint density at radius 1 is 1.20 bits per heavy atom. The molecular weight excluding hydrogens is 308 g/mol. The standard InChI is InChI=1S/C22H42N2O/c1-6-24-17-21(23-5)19(15-20(25)16-22(2,3)4)14-10-13-18-11-8-7-9-12-18/h18-19,24H,6-17H2,1-5H3. The molecule has 1 atom stereocenters. The molecule has 0 spiro atoms. The number of hydrogen-bond donors (Lipinski definition) is 1. The Kier molecular flexibility index (Phi) is 10.6.